The Morgan fingerprint density at radius 1 is 1.33 bits per heavy atom. The molecule has 1 saturated carbocycles. The summed E-state index contributed by atoms with van der Waals surface area (Å²) in [5.41, 5.74) is 0. The smallest absolute Gasteiger partial charge is 0.190 e. The molecule has 15 heavy (non-hydrogen) atoms. The maximum absolute atomic E-state index is 12.0. The van der Waals surface area contributed by atoms with Gasteiger partial charge in [-0.2, -0.15) is 0 Å². The molecule has 0 aromatic heterocycles. The summed E-state index contributed by atoms with van der Waals surface area (Å²) < 4.78 is 23.6. The molecule has 1 fully saturated rings. The summed E-state index contributed by atoms with van der Waals surface area (Å²) in [4.78, 5) is 11.0. The molecule has 0 unspecified atom stereocenters. The highest BCUT2D eigenvalue weighted by atomic mass is 79.9. The first-order valence-corrected chi connectivity index (χ1v) is 6.76. The zero-order valence-electron chi connectivity index (χ0n) is 7.81. The normalized spacial score (nSPS) is 18.5. The lowest BCUT2D eigenvalue weighted by Crippen LogP contribution is -2.24. The predicted octanol–water partition coefficient (Wildman–Crippen LogP) is 1.95. The number of carbonyl (C=O) groups is 1. The molecule has 1 aliphatic rings. The van der Waals surface area contributed by atoms with E-state index in [2.05, 4.69) is 15.9 Å². The Bertz CT molecular complexity index is 503. The molecule has 0 saturated heterocycles. The van der Waals surface area contributed by atoms with Crippen molar-refractivity contribution in [3.05, 3.63) is 28.7 Å². The van der Waals surface area contributed by atoms with E-state index in [0.29, 0.717) is 23.6 Å². The van der Waals surface area contributed by atoms with Gasteiger partial charge >= 0.3 is 0 Å². The van der Waals surface area contributed by atoms with Crippen molar-refractivity contribution in [3.8, 4) is 0 Å². The average Bonchev–Trinajstić information content (AvgIpc) is 2.98. The van der Waals surface area contributed by atoms with E-state index in [1.165, 1.54) is 12.1 Å². The Labute approximate surface area is 96.5 Å². The quantitative estimate of drug-likeness (QED) is 0.799. The summed E-state index contributed by atoms with van der Waals surface area (Å²) >= 11 is 3.21. The minimum Gasteiger partial charge on any atom is -0.302 e. The predicted molar refractivity (Wildman–Crippen MR) is 59.4 cm³/mol. The van der Waals surface area contributed by atoms with Crippen molar-refractivity contribution in [2.75, 3.05) is 0 Å². The number of benzene rings is 1. The summed E-state index contributed by atoms with van der Waals surface area (Å²) in [6.07, 6.45) is 1.43. The molecule has 5 heteroatoms. The largest absolute Gasteiger partial charge is 0.302 e. The summed E-state index contributed by atoms with van der Waals surface area (Å²) in [5, 5.41) is 0. The van der Waals surface area contributed by atoms with Crippen LogP contribution in [0.4, 0.5) is 0 Å². The van der Waals surface area contributed by atoms with E-state index < -0.39 is 14.6 Å². The molecule has 0 heterocycles. The highest BCUT2D eigenvalue weighted by molar-refractivity contribution is 9.10. The number of sulfone groups is 1. The van der Waals surface area contributed by atoms with Crippen LogP contribution in [0.25, 0.3) is 0 Å². The van der Waals surface area contributed by atoms with Gasteiger partial charge in [-0.05, 0) is 31.0 Å². The van der Waals surface area contributed by atoms with E-state index in [-0.39, 0.29) is 4.90 Å². The molecule has 2 rings (SSSR count). The summed E-state index contributed by atoms with van der Waals surface area (Å²) in [7, 11) is -3.50. The minimum absolute atomic E-state index is 0.210. The average molecular weight is 289 g/mol. The van der Waals surface area contributed by atoms with Gasteiger partial charge in [-0.15, -0.1) is 0 Å². The first kappa shape index (κ1) is 10.8. The fraction of sp³-hybridized carbons (Fsp3) is 0.300. The lowest BCUT2D eigenvalue weighted by Gasteiger charge is -2.09. The molecule has 0 aliphatic heterocycles. The Hall–Kier alpha value is -0.680. The second-order valence-corrected chi connectivity index (χ2v) is 6.85. The molecule has 0 N–H and O–H groups in total. The van der Waals surface area contributed by atoms with Crippen molar-refractivity contribution in [1.29, 1.82) is 0 Å². The highest BCUT2D eigenvalue weighted by Crippen LogP contribution is 2.45. The molecule has 1 aliphatic carbocycles. The second kappa shape index (κ2) is 3.42. The van der Waals surface area contributed by atoms with E-state index in [9.17, 15) is 13.2 Å². The lowest BCUT2D eigenvalue weighted by molar-refractivity contribution is -0.108. The summed E-state index contributed by atoms with van der Waals surface area (Å²) in [5.74, 6) is 0. The van der Waals surface area contributed by atoms with Crippen LogP contribution in [0.1, 0.15) is 12.8 Å². The first-order chi connectivity index (χ1) is 7.02. The zero-order valence-corrected chi connectivity index (χ0v) is 10.2. The third-order valence-electron chi connectivity index (χ3n) is 2.60. The van der Waals surface area contributed by atoms with Crippen LogP contribution in [-0.2, 0) is 14.6 Å². The van der Waals surface area contributed by atoms with Crippen molar-refractivity contribution >= 4 is 32.1 Å². The van der Waals surface area contributed by atoms with Crippen LogP contribution in [0.2, 0.25) is 0 Å². The van der Waals surface area contributed by atoms with Crippen LogP contribution in [0.3, 0.4) is 0 Å². The Morgan fingerprint density at radius 2 is 2.00 bits per heavy atom. The number of carbonyl (C=O) groups excluding carboxylic acids is 1. The van der Waals surface area contributed by atoms with E-state index >= 15 is 0 Å². The molecule has 0 radical (unpaired) electrons. The standard InChI is InChI=1S/C10H9BrO3S/c11-8-2-1-3-9(6-8)15(13,14)10(7-12)4-5-10/h1-3,6-7H,4-5H2. The van der Waals surface area contributed by atoms with Gasteiger partial charge in [0, 0.05) is 4.47 Å². The molecular weight excluding hydrogens is 280 g/mol. The van der Waals surface area contributed by atoms with Gasteiger partial charge < -0.3 is 4.79 Å². The van der Waals surface area contributed by atoms with Gasteiger partial charge in [-0.1, -0.05) is 22.0 Å². The number of aldehydes is 1. The zero-order chi connectivity index (χ0) is 11.1. The van der Waals surface area contributed by atoms with Crippen LogP contribution < -0.4 is 0 Å². The van der Waals surface area contributed by atoms with Crippen LogP contribution in [0, 0.1) is 0 Å². The van der Waals surface area contributed by atoms with Gasteiger partial charge in [0.1, 0.15) is 11.0 Å². The van der Waals surface area contributed by atoms with Gasteiger partial charge in [0.15, 0.2) is 9.84 Å². The van der Waals surface area contributed by atoms with Crippen LogP contribution in [0.5, 0.6) is 0 Å². The molecule has 80 valence electrons. The van der Waals surface area contributed by atoms with Gasteiger partial charge in [0.05, 0.1) is 4.90 Å². The fourth-order valence-electron chi connectivity index (χ4n) is 1.44. The molecule has 3 nitrogen and oxygen atoms in total. The summed E-state index contributed by atoms with van der Waals surface area (Å²) in [6, 6.07) is 6.44. The van der Waals surface area contributed by atoms with Crippen molar-refractivity contribution < 1.29 is 13.2 Å². The van der Waals surface area contributed by atoms with E-state index in [0.717, 1.165) is 0 Å². The first-order valence-electron chi connectivity index (χ1n) is 4.48. The van der Waals surface area contributed by atoms with Gasteiger partial charge in [0.2, 0.25) is 0 Å². The number of rotatable bonds is 3. The van der Waals surface area contributed by atoms with Crippen molar-refractivity contribution in [2.24, 2.45) is 0 Å². The van der Waals surface area contributed by atoms with Crippen molar-refractivity contribution in [3.63, 3.8) is 0 Å². The minimum atomic E-state index is -3.50. The second-order valence-electron chi connectivity index (χ2n) is 3.64. The van der Waals surface area contributed by atoms with E-state index in [4.69, 9.17) is 0 Å². The maximum atomic E-state index is 12.0. The lowest BCUT2D eigenvalue weighted by atomic mass is 10.4. The van der Waals surface area contributed by atoms with Crippen LogP contribution in [-0.4, -0.2) is 19.5 Å². The molecular formula is C10H9BrO3S. The van der Waals surface area contributed by atoms with E-state index in [1.54, 1.807) is 12.1 Å². The molecule has 0 spiro atoms. The van der Waals surface area contributed by atoms with Crippen molar-refractivity contribution in [2.45, 2.75) is 22.5 Å². The van der Waals surface area contributed by atoms with Crippen LogP contribution >= 0.6 is 15.9 Å². The number of hydrogen-bond donors (Lipinski definition) is 0. The third-order valence-corrected chi connectivity index (χ3v) is 5.54. The number of hydrogen-bond acceptors (Lipinski definition) is 3. The van der Waals surface area contributed by atoms with E-state index in [1.807, 2.05) is 0 Å². The van der Waals surface area contributed by atoms with Gasteiger partial charge in [-0.3, -0.25) is 0 Å². The molecule has 0 bridgehead atoms. The SMILES string of the molecule is O=CC1(S(=O)(=O)c2cccc(Br)c2)CC1. The van der Waals surface area contributed by atoms with Gasteiger partial charge in [-0.25, -0.2) is 8.42 Å². The Kier molecular flexibility index (Phi) is 2.47. The van der Waals surface area contributed by atoms with Crippen LogP contribution in [0.15, 0.2) is 33.6 Å². The molecule has 0 atom stereocenters. The molecule has 0 amide bonds. The monoisotopic (exact) mass is 288 g/mol. The third kappa shape index (κ3) is 1.63. The maximum Gasteiger partial charge on any atom is 0.190 e. The molecule has 1 aromatic carbocycles. The fourth-order valence-corrected chi connectivity index (χ4v) is 3.77. The highest BCUT2D eigenvalue weighted by Gasteiger charge is 2.55. The summed E-state index contributed by atoms with van der Waals surface area (Å²) in [6.45, 7) is 0. The molecule has 1 aromatic rings. The van der Waals surface area contributed by atoms with Crippen molar-refractivity contribution in [1.82, 2.24) is 0 Å². The Morgan fingerprint density at radius 3 is 2.47 bits per heavy atom. The van der Waals surface area contributed by atoms with Gasteiger partial charge in [0.25, 0.3) is 0 Å². The number of halogens is 1. The topological polar surface area (TPSA) is 51.2 Å². The Balaban J connectivity index is 2.52.